The third-order valence-electron chi connectivity index (χ3n) is 5.27. The monoisotopic (exact) mass is 360 g/mol. The van der Waals surface area contributed by atoms with E-state index in [4.69, 9.17) is 4.74 Å². The maximum Gasteiger partial charge on any atom is 0.193 e. The Bertz CT molecular complexity index is 561. The Morgan fingerprint density at radius 3 is 2.85 bits per heavy atom. The number of aliphatic imine (C=N–C) groups is 1. The molecule has 26 heavy (non-hydrogen) atoms. The smallest absolute Gasteiger partial charge is 0.193 e. The molecule has 0 radical (unpaired) electrons. The first-order valence-electron chi connectivity index (χ1n) is 9.93. The first kappa shape index (κ1) is 20.6. The summed E-state index contributed by atoms with van der Waals surface area (Å²) in [5.74, 6) is 1.85. The van der Waals surface area contributed by atoms with Crippen LogP contribution >= 0.6 is 0 Å². The average molecular weight is 361 g/mol. The van der Waals surface area contributed by atoms with Gasteiger partial charge in [0.05, 0.1) is 7.11 Å². The molecule has 1 saturated heterocycles. The van der Waals surface area contributed by atoms with E-state index in [-0.39, 0.29) is 0 Å². The van der Waals surface area contributed by atoms with Gasteiger partial charge in [-0.1, -0.05) is 24.6 Å². The Kier molecular flexibility index (Phi) is 8.75. The summed E-state index contributed by atoms with van der Waals surface area (Å²) in [6.07, 6.45) is 6.53. The summed E-state index contributed by atoms with van der Waals surface area (Å²) in [5.41, 5.74) is 1.17. The Hall–Kier alpha value is -1.75. The highest BCUT2D eigenvalue weighted by atomic mass is 16.5. The van der Waals surface area contributed by atoms with Crippen LogP contribution in [0.15, 0.2) is 29.3 Å². The molecule has 1 unspecified atom stereocenters. The molecule has 5 heteroatoms. The molecule has 1 fully saturated rings. The molecule has 0 amide bonds. The van der Waals surface area contributed by atoms with Crippen molar-refractivity contribution in [2.75, 3.05) is 40.8 Å². The van der Waals surface area contributed by atoms with E-state index < -0.39 is 0 Å². The molecule has 0 bridgehead atoms. The molecule has 2 rings (SSSR count). The molecule has 0 aliphatic carbocycles. The molecule has 1 N–H and O–H groups in total. The lowest BCUT2D eigenvalue weighted by atomic mass is 10.0. The van der Waals surface area contributed by atoms with Gasteiger partial charge in [0, 0.05) is 38.8 Å². The molecule has 0 spiro atoms. The van der Waals surface area contributed by atoms with Crippen LogP contribution in [0.25, 0.3) is 0 Å². The number of piperidine rings is 1. The zero-order valence-corrected chi connectivity index (χ0v) is 17.0. The number of guanidine groups is 1. The number of benzene rings is 1. The van der Waals surface area contributed by atoms with Crippen LogP contribution in [0.1, 0.15) is 44.6 Å². The molecule has 1 aromatic rings. The predicted molar refractivity (Wildman–Crippen MR) is 110 cm³/mol. The first-order chi connectivity index (χ1) is 12.7. The van der Waals surface area contributed by atoms with Crippen molar-refractivity contribution in [3.05, 3.63) is 29.8 Å². The fraction of sp³-hybridized carbons (Fsp3) is 0.667. The Balaban J connectivity index is 1.71. The van der Waals surface area contributed by atoms with Gasteiger partial charge >= 0.3 is 0 Å². The van der Waals surface area contributed by atoms with Crippen LogP contribution in [0.2, 0.25) is 0 Å². The van der Waals surface area contributed by atoms with E-state index in [0.29, 0.717) is 0 Å². The quantitative estimate of drug-likeness (QED) is 0.438. The van der Waals surface area contributed by atoms with Crippen LogP contribution in [0.3, 0.4) is 0 Å². The molecule has 1 heterocycles. The lowest BCUT2D eigenvalue weighted by Gasteiger charge is -2.33. The highest BCUT2D eigenvalue weighted by Crippen LogP contribution is 2.19. The molecular weight excluding hydrogens is 324 g/mol. The van der Waals surface area contributed by atoms with Crippen molar-refractivity contribution < 1.29 is 4.74 Å². The van der Waals surface area contributed by atoms with Crippen molar-refractivity contribution in [2.45, 2.75) is 51.6 Å². The zero-order valence-electron chi connectivity index (χ0n) is 17.0. The van der Waals surface area contributed by atoms with Gasteiger partial charge in [-0.3, -0.25) is 4.99 Å². The van der Waals surface area contributed by atoms with Crippen molar-refractivity contribution in [1.29, 1.82) is 0 Å². The van der Waals surface area contributed by atoms with E-state index in [2.05, 4.69) is 40.1 Å². The molecule has 1 aliphatic rings. The van der Waals surface area contributed by atoms with Crippen LogP contribution in [0.5, 0.6) is 5.75 Å². The van der Waals surface area contributed by atoms with Gasteiger partial charge in [-0.15, -0.1) is 0 Å². The number of hydrogen-bond acceptors (Lipinski definition) is 3. The molecular formula is C21H36N4O. The summed E-state index contributed by atoms with van der Waals surface area (Å²) >= 11 is 0. The largest absolute Gasteiger partial charge is 0.496 e. The molecule has 0 aromatic heterocycles. The average Bonchev–Trinajstić information content (AvgIpc) is 2.66. The second-order valence-corrected chi connectivity index (χ2v) is 7.23. The maximum absolute atomic E-state index is 5.45. The number of nitrogens with one attached hydrogen (secondary N) is 1. The van der Waals surface area contributed by atoms with Gasteiger partial charge in [-0.25, -0.2) is 0 Å². The third-order valence-corrected chi connectivity index (χ3v) is 5.27. The minimum atomic E-state index is 0.761. The Labute approximate surface area is 159 Å². The minimum Gasteiger partial charge on any atom is -0.496 e. The highest BCUT2D eigenvalue weighted by Gasteiger charge is 2.17. The number of methoxy groups -OCH3 is 1. The second-order valence-electron chi connectivity index (χ2n) is 7.23. The fourth-order valence-corrected chi connectivity index (χ4v) is 3.68. The second kappa shape index (κ2) is 11.1. The van der Waals surface area contributed by atoms with Gasteiger partial charge in [0.1, 0.15) is 5.75 Å². The van der Waals surface area contributed by atoms with Gasteiger partial charge in [0.15, 0.2) is 5.96 Å². The number of hydrogen-bond donors (Lipinski definition) is 1. The summed E-state index contributed by atoms with van der Waals surface area (Å²) < 4.78 is 5.45. The lowest BCUT2D eigenvalue weighted by molar-refractivity contribution is 0.158. The highest BCUT2D eigenvalue weighted by molar-refractivity contribution is 5.79. The number of nitrogens with zero attached hydrogens (tertiary/aromatic N) is 3. The van der Waals surface area contributed by atoms with Gasteiger partial charge in [0.25, 0.3) is 0 Å². The van der Waals surface area contributed by atoms with Gasteiger partial charge in [-0.2, -0.15) is 0 Å². The molecule has 0 saturated carbocycles. The molecule has 1 aromatic carbocycles. The van der Waals surface area contributed by atoms with Crippen molar-refractivity contribution in [1.82, 2.24) is 15.1 Å². The van der Waals surface area contributed by atoms with E-state index in [1.807, 2.05) is 25.2 Å². The van der Waals surface area contributed by atoms with Gasteiger partial charge in [0.2, 0.25) is 0 Å². The van der Waals surface area contributed by atoms with Crippen molar-refractivity contribution in [2.24, 2.45) is 4.99 Å². The first-order valence-corrected chi connectivity index (χ1v) is 9.93. The van der Waals surface area contributed by atoms with Gasteiger partial charge in [-0.05, 0) is 51.8 Å². The number of ether oxygens (including phenoxy) is 1. The van der Waals surface area contributed by atoms with E-state index in [1.54, 1.807) is 7.11 Å². The van der Waals surface area contributed by atoms with Crippen LogP contribution in [-0.4, -0.2) is 62.6 Å². The van der Waals surface area contributed by atoms with E-state index in [0.717, 1.165) is 30.8 Å². The summed E-state index contributed by atoms with van der Waals surface area (Å²) in [6, 6.07) is 8.90. The molecule has 1 aliphatic heterocycles. The lowest BCUT2D eigenvalue weighted by Crippen LogP contribution is -2.40. The summed E-state index contributed by atoms with van der Waals surface area (Å²) in [4.78, 5) is 9.21. The van der Waals surface area contributed by atoms with Crippen molar-refractivity contribution >= 4 is 5.96 Å². The molecule has 5 nitrogen and oxygen atoms in total. The Morgan fingerprint density at radius 1 is 1.31 bits per heavy atom. The fourth-order valence-electron chi connectivity index (χ4n) is 3.68. The number of likely N-dealkylation sites (tertiary alicyclic amines) is 1. The van der Waals surface area contributed by atoms with Crippen LogP contribution in [0, 0.1) is 0 Å². The summed E-state index contributed by atoms with van der Waals surface area (Å²) in [7, 11) is 5.63. The number of para-hydroxylation sites is 1. The van der Waals surface area contributed by atoms with E-state index in [1.165, 1.54) is 50.8 Å². The molecule has 1 atom stereocenters. The number of unbranched alkanes of at least 4 members (excludes halogenated alkanes) is 1. The SMILES string of the molecule is CN=C(NCCCCN1CCCCC1C)N(C)Cc1ccccc1OC. The normalized spacial score (nSPS) is 18.6. The maximum atomic E-state index is 5.45. The van der Waals surface area contributed by atoms with Crippen LogP contribution in [-0.2, 0) is 6.54 Å². The van der Waals surface area contributed by atoms with Crippen LogP contribution < -0.4 is 10.1 Å². The van der Waals surface area contributed by atoms with Crippen molar-refractivity contribution in [3.8, 4) is 5.75 Å². The number of rotatable bonds is 8. The zero-order chi connectivity index (χ0) is 18.8. The standard InChI is InChI=1S/C21H36N4O/c1-18-11-7-9-15-25(18)16-10-8-14-23-21(22-2)24(3)17-19-12-5-6-13-20(19)26-4/h5-6,12-13,18H,7-11,14-17H2,1-4H3,(H,22,23). The summed E-state index contributed by atoms with van der Waals surface area (Å²) in [5, 5.41) is 3.49. The minimum absolute atomic E-state index is 0.761. The van der Waals surface area contributed by atoms with Crippen LogP contribution in [0.4, 0.5) is 0 Å². The van der Waals surface area contributed by atoms with Crippen molar-refractivity contribution in [3.63, 3.8) is 0 Å². The summed E-state index contributed by atoms with van der Waals surface area (Å²) in [6.45, 7) is 6.60. The third kappa shape index (κ3) is 6.20. The predicted octanol–water partition coefficient (Wildman–Crippen LogP) is 3.36. The topological polar surface area (TPSA) is 40.1 Å². The Morgan fingerprint density at radius 2 is 2.12 bits per heavy atom. The van der Waals surface area contributed by atoms with E-state index >= 15 is 0 Å². The molecule has 146 valence electrons. The van der Waals surface area contributed by atoms with Gasteiger partial charge < -0.3 is 19.9 Å². The van der Waals surface area contributed by atoms with E-state index in [9.17, 15) is 0 Å².